The van der Waals surface area contributed by atoms with Crippen molar-refractivity contribution in [3.05, 3.63) is 71.3 Å². The number of pyridine rings is 1. The van der Waals surface area contributed by atoms with E-state index in [1.54, 1.807) is 4.68 Å². The van der Waals surface area contributed by atoms with Crippen LogP contribution >= 0.6 is 0 Å². The van der Waals surface area contributed by atoms with Gasteiger partial charge in [0.1, 0.15) is 11.3 Å². The number of fused-ring (bicyclic) bond motifs is 3. The van der Waals surface area contributed by atoms with Crippen LogP contribution in [-0.4, -0.2) is 59.8 Å². The van der Waals surface area contributed by atoms with Gasteiger partial charge in [0.05, 0.1) is 39.5 Å². The fourth-order valence-electron chi connectivity index (χ4n) is 6.23. The maximum atomic E-state index is 5.79. The van der Waals surface area contributed by atoms with Crippen molar-refractivity contribution in [3.63, 3.8) is 0 Å². The van der Waals surface area contributed by atoms with Gasteiger partial charge in [-0.05, 0) is 44.2 Å². The Labute approximate surface area is 231 Å². The second-order valence-electron chi connectivity index (χ2n) is 10.6. The molecule has 1 saturated heterocycles. The van der Waals surface area contributed by atoms with Gasteiger partial charge in [0, 0.05) is 45.3 Å². The molecule has 40 heavy (non-hydrogen) atoms. The molecule has 2 N–H and O–H groups in total. The van der Waals surface area contributed by atoms with Crippen molar-refractivity contribution in [2.75, 3.05) is 20.3 Å². The number of nitrogens with zero attached hydrogens (tertiary/aromatic N) is 8. The molecule has 1 aromatic carbocycles. The normalized spacial score (nSPS) is 17.2. The third-order valence-electron chi connectivity index (χ3n) is 8.09. The van der Waals surface area contributed by atoms with Crippen LogP contribution in [0.4, 0.5) is 0 Å². The predicted molar refractivity (Wildman–Crippen MR) is 152 cm³/mol. The van der Waals surface area contributed by atoms with Crippen molar-refractivity contribution >= 4 is 27.8 Å². The van der Waals surface area contributed by atoms with E-state index in [2.05, 4.69) is 69.2 Å². The lowest BCUT2D eigenvalue weighted by Crippen LogP contribution is -2.34. The second kappa shape index (κ2) is 9.68. The van der Waals surface area contributed by atoms with Gasteiger partial charge in [0.25, 0.3) is 0 Å². The Morgan fingerprint density at radius 1 is 1.02 bits per heavy atom. The lowest BCUT2D eigenvalue weighted by molar-refractivity contribution is 0.0552. The number of hydrogen-bond acceptors (Lipinski definition) is 9. The first kappa shape index (κ1) is 24.7. The second-order valence-corrected chi connectivity index (χ2v) is 10.6. The monoisotopic (exact) mass is 536 g/mol. The van der Waals surface area contributed by atoms with Crippen molar-refractivity contribution in [3.8, 4) is 11.5 Å². The average molecular weight is 537 g/mol. The number of aromatic nitrogens is 7. The molecule has 204 valence electrons. The van der Waals surface area contributed by atoms with E-state index in [-0.39, 0.29) is 6.04 Å². The number of hydrogen-bond donors (Lipinski definition) is 2. The Balaban J connectivity index is 1.54. The minimum Gasteiger partial charge on any atom is -0.381 e. The first-order chi connectivity index (χ1) is 19.5. The van der Waals surface area contributed by atoms with Crippen LogP contribution in [0.1, 0.15) is 42.6 Å². The van der Waals surface area contributed by atoms with Gasteiger partial charge in [0.15, 0.2) is 5.82 Å². The number of benzene rings is 1. The zero-order chi connectivity index (χ0) is 27.4. The molecule has 1 atom stereocenters. The molecule has 4 aromatic heterocycles. The van der Waals surface area contributed by atoms with E-state index >= 15 is 0 Å². The number of rotatable bonds is 5. The highest BCUT2D eigenvalue weighted by Crippen LogP contribution is 2.40. The van der Waals surface area contributed by atoms with Crippen LogP contribution in [0.5, 0.6) is 0 Å². The standard InChI is InChI=1S/C29H32N10O/c1-17-25(37(3)35-33-17)21-14-23-24(30-15-21)22-16-31-28(26-18(2)34-36-38(26)4)32-29(22)39(23)27(19-8-6-5-7-9-19)20-10-12-40-13-11-20/h5-9,14-16,20,27,33,35H,10-13H2,1-4H3/t27-/m1/s1. The number of allylic oxidation sites excluding steroid dienone is 1. The summed E-state index contributed by atoms with van der Waals surface area (Å²) in [6, 6.07) is 13.0. The molecule has 0 radical (unpaired) electrons. The highest BCUT2D eigenvalue weighted by atomic mass is 16.5. The molecular weight excluding hydrogens is 504 g/mol. The van der Waals surface area contributed by atoms with E-state index in [4.69, 9.17) is 19.7 Å². The topological polar surface area (TPSA) is 111 Å². The van der Waals surface area contributed by atoms with E-state index in [9.17, 15) is 0 Å². The molecule has 2 aliphatic rings. The Morgan fingerprint density at radius 2 is 1.82 bits per heavy atom. The smallest absolute Gasteiger partial charge is 0.181 e. The molecule has 0 saturated carbocycles. The van der Waals surface area contributed by atoms with Crippen LogP contribution < -0.4 is 11.0 Å². The van der Waals surface area contributed by atoms with Crippen LogP contribution in [0.15, 0.2) is 54.5 Å². The number of nitrogens with one attached hydrogen (secondary N) is 2. The van der Waals surface area contributed by atoms with E-state index in [0.717, 1.165) is 76.5 Å². The van der Waals surface area contributed by atoms with Crippen molar-refractivity contribution in [1.29, 1.82) is 0 Å². The largest absolute Gasteiger partial charge is 0.381 e. The van der Waals surface area contributed by atoms with Gasteiger partial charge in [-0.1, -0.05) is 35.5 Å². The SMILES string of the molecule is CC1=C(c2cnc3c4cnc(-c5c(C)nnn5C)nc4n([C@H](c4ccccc4)C4CCOCC4)c3c2)N(C)NN1. The van der Waals surface area contributed by atoms with Crippen LogP contribution in [0.3, 0.4) is 0 Å². The molecule has 5 aromatic rings. The molecule has 0 spiro atoms. The summed E-state index contributed by atoms with van der Waals surface area (Å²) < 4.78 is 9.92. The summed E-state index contributed by atoms with van der Waals surface area (Å²) in [5.41, 5.74) is 15.1. The van der Waals surface area contributed by atoms with Crippen LogP contribution in [0.2, 0.25) is 0 Å². The highest BCUT2D eigenvalue weighted by molar-refractivity contribution is 6.05. The lowest BCUT2D eigenvalue weighted by Gasteiger charge is -2.32. The summed E-state index contributed by atoms with van der Waals surface area (Å²) in [6.45, 7) is 5.50. The zero-order valence-corrected chi connectivity index (χ0v) is 23.1. The van der Waals surface area contributed by atoms with E-state index in [1.807, 2.05) is 38.4 Å². The summed E-state index contributed by atoms with van der Waals surface area (Å²) in [4.78, 5) is 15.0. The summed E-state index contributed by atoms with van der Waals surface area (Å²) in [5.74, 6) is 0.971. The van der Waals surface area contributed by atoms with Gasteiger partial charge in [-0.15, -0.1) is 10.6 Å². The maximum Gasteiger partial charge on any atom is 0.181 e. The number of ether oxygens (including phenoxy) is 1. The first-order valence-electron chi connectivity index (χ1n) is 13.6. The minimum absolute atomic E-state index is 0.0447. The molecule has 7 rings (SSSR count). The molecule has 11 nitrogen and oxygen atoms in total. The molecule has 6 heterocycles. The summed E-state index contributed by atoms with van der Waals surface area (Å²) in [6.07, 6.45) is 5.77. The van der Waals surface area contributed by atoms with Crippen LogP contribution in [-0.2, 0) is 11.8 Å². The van der Waals surface area contributed by atoms with Crippen molar-refractivity contribution < 1.29 is 4.74 Å². The predicted octanol–water partition coefficient (Wildman–Crippen LogP) is 3.74. The van der Waals surface area contributed by atoms with Crippen molar-refractivity contribution in [2.45, 2.75) is 32.7 Å². The maximum absolute atomic E-state index is 5.79. The molecule has 2 aliphatic heterocycles. The average Bonchev–Trinajstić information content (AvgIpc) is 3.61. The van der Waals surface area contributed by atoms with Gasteiger partial charge in [-0.3, -0.25) is 9.99 Å². The lowest BCUT2D eigenvalue weighted by atomic mass is 9.86. The number of aryl methyl sites for hydroxylation is 2. The van der Waals surface area contributed by atoms with Gasteiger partial charge in [0.2, 0.25) is 0 Å². The third kappa shape index (κ3) is 3.92. The van der Waals surface area contributed by atoms with Crippen LogP contribution in [0.25, 0.3) is 39.3 Å². The quantitative estimate of drug-likeness (QED) is 0.347. The Kier molecular flexibility index (Phi) is 5.97. The summed E-state index contributed by atoms with van der Waals surface area (Å²) >= 11 is 0. The van der Waals surface area contributed by atoms with E-state index in [0.29, 0.717) is 11.7 Å². The molecule has 11 heteroatoms. The molecule has 0 unspecified atom stereocenters. The molecular formula is C29H32N10O. The highest BCUT2D eigenvalue weighted by Gasteiger charge is 2.31. The third-order valence-corrected chi connectivity index (χ3v) is 8.09. The minimum atomic E-state index is 0.0447. The Hall–Kier alpha value is -4.35. The molecule has 0 aliphatic carbocycles. The molecule has 0 bridgehead atoms. The number of hydrazine groups is 2. The fourth-order valence-corrected chi connectivity index (χ4v) is 6.23. The van der Waals surface area contributed by atoms with Gasteiger partial charge in [-0.2, -0.15) is 0 Å². The Bertz CT molecular complexity index is 1730. The van der Waals surface area contributed by atoms with E-state index < -0.39 is 0 Å². The summed E-state index contributed by atoms with van der Waals surface area (Å²) in [7, 11) is 3.87. The van der Waals surface area contributed by atoms with Gasteiger partial charge in [-0.25, -0.2) is 14.6 Å². The van der Waals surface area contributed by atoms with Gasteiger partial charge >= 0.3 is 0 Å². The van der Waals surface area contributed by atoms with Crippen molar-refractivity contribution in [1.82, 2.24) is 50.5 Å². The zero-order valence-electron chi connectivity index (χ0n) is 23.1. The Morgan fingerprint density at radius 3 is 2.52 bits per heavy atom. The van der Waals surface area contributed by atoms with Crippen molar-refractivity contribution in [2.24, 2.45) is 13.0 Å². The summed E-state index contributed by atoms with van der Waals surface area (Å²) in [5, 5.41) is 11.3. The van der Waals surface area contributed by atoms with Crippen LogP contribution in [0, 0.1) is 12.8 Å². The van der Waals surface area contributed by atoms with E-state index in [1.165, 1.54) is 5.56 Å². The first-order valence-corrected chi connectivity index (χ1v) is 13.6. The molecule has 1 fully saturated rings. The molecule has 0 amide bonds. The fraction of sp³-hybridized carbons (Fsp3) is 0.345. The van der Waals surface area contributed by atoms with Gasteiger partial charge < -0.3 is 14.7 Å².